The maximum atomic E-state index is 13.3. The Bertz CT molecular complexity index is 925. The molecule has 2 aromatic rings. The Labute approximate surface area is 161 Å². The van der Waals surface area contributed by atoms with Crippen molar-refractivity contribution in [3.05, 3.63) is 70.1 Å². The Kier molecular flexibility index (Phi) is 5.58. The van der Waals surface area contributed by atoms with Crippen molar-refractivity contribution in [2.45, 2.75) is 6.92 Å². The molecule has 27 heavy (non-hydrogen) atoms. The number of ether oxygens (including phenoxy) is 1. The van der Waals surface area contributed by atoms with Gasteiger partial charge in [-0.2, -0.15) is 0 Å². The first kappa shape index (κ1) is 19.1. The highest BCUT2D eigenvalue weighted by Crippen LogP contribution is 2.32. The van der Waals surface area contributed by atoms with Gasteiger partial charge in [0.2, 0.25) is 0 Å². The lowest BCUT2D eigenvalue weighted by Gasteiger charge is -2.15. The van der Waals surface area contributed by atoms with Crippen molar-refractivity contribution < 1.29 is 18.7 Å². The first-order valence-electron chi connectivity index (χ1n) is 8.31. The van der Waals surface area contributed by atoms with Crippen LogP contribution < -0.4 is 5.32 Å². The molecule has 2 aromatic carbocycles. The number of anilines is 1. The van der Waals surface area contributed by atoms with Crippen molar-refractivity contribution in [3.8, 4) is 0 Å². The van der Waals surface area contributed by atoms with Crippen LogP contribution in [0.15, 0.2) is 48.2 Å². The van der Waals surface area contributed by atoms with Gasteiger partial charge < -0.3 is 10.1 Å². The van der Waals surface area contributed by atoms with Gasteiger partial charge in [0, 0.05) is 17.8 Å². The van der Waals surface area contributed by atoms with Gasteiger partial charge in [-0.1, -0.05) is 29.8 Å². The highest BCUT2D eigenvalue weighted by atomic mass is 35.5. The average Bonchev–Trinajstić information content (AvgIpc) is 2.88. The fourth-order valence-corrected chi connectivity index (χ4v) is 3.01. The summed E-state index contributed by atoms with van der Waals surface area (Å²) in [6, 6.07) is 10.7. The van der Waals surface area contributed by atoms with Gasteiger partial charge in [0.15, 0.2) is 0 Å². The first-order chi connectivity index (χ1) is 12.9. The fourth-order valence-electron chi connectivity index (χ4n) is 2.84. The lowest BCUT2D eigenvalue weighted by atomic mass is 10.0. The fraction of sp³-hybridized carbons (Fsp3) is 0.200. The molecule has 0 fully saturated rings. The molecule has 0 bridgehead atoms. The second kappa shape index (κ2) is 7.90. The molecule has 1 aliphatic rings. The molecule has 0 unspecified atom stereocenters. The minimum atomic E-state index is -0.462. The molecule has 0 aromatic heterocycles. The minimum absolute atomic E-state index is 0.124. The van der Waals surface area contributed by atoms with E-state index in [4.69, 9.17) is 16.3 Å². The van der Waals surface area contributed by atoms with Crippen molar-refractivity contribution in [2.24, 2.45) is 0 Å². The average molecular weight is 389 g/mol. The van der Waals surface area contributed by atoms with Crippen LogP contribution in [0, 0.1) is 12.7 Å². The third-order valence-electron chi connectivity index (χ3n) is 4.35. The van der Waals surface area contributed by atoms with Crippen LogP contribution in [0.4, 0.5) is 10.1 Å². The Morgan fingerprint density at radius 1 is 1.11 bits per heavy atom. The molecule has 0 spiro atoms. The summed E-state index contributed by atoms with van der Waals surface area (Å²) in [7, 11) is 1.49. The Morgan fingerprint density at radius 2 is 1.81 bits per heavy atom. The molecular weight excluding hydrogens is 371 g/mol. The van der Waals surface area contributed by atoms with Crippen molar-refractivity contribution in [2.75, 3.05) is 25.6 Å². The molecule has 1 N–H and O–H groups in total. The number of nitrogens with one attached hydrogen (secondary N) is 1. The van der Waals surface area contributed by atoms with E-state index in [2.05, 4.69) is 5.32 Å². The number of halogens is 2. The normalized spacial score (nSPS) is 14.3. The summed E-state index contributed by atoms with van der Waals surface area (Å²) in [6.45, 7) is 2.16. The van der Waals surface area contributed by atoms with Crippen molar-refractivity contribution in [3.63, 3.8) is 0 Å². The molecule has 0 atom stereocenters. The Morgan fingerprint density at radius 3 is 2.48 bits per heavy atom. The first-order valence-corrected chi connectivity index (χ1v) is 8.69. The van der Waals surface area contributed by atoms with Crippen LogP contribution in [0.3, 0.4) is 0 Å². The van der Waals surface area contributed by atoms with E-state index in [0.29, 0.717) is 16.3 Å². The van der Waals surface area contributed by atoms with Gasteiger partial charge in [-0.15, -0.1) is 0 Å². The lowest BCUT2D eigenvalue weighted by molar-refractivity contribution is -0.137. The number of methoxy groups -OCH3 is 1. The zero-order chi connectivity index (χ0) is 19.6. The molecule has 1 heterocycles. The molecule has 3 rings (SSSR count). The smallest absolute Gasteiger partial charge is 0.278 e. The summed E-state index contributed by atoms with van der Waals surface area (Å²) >= 11 is 6.16. The van der Waals surface area contributed by atoms with E-state index >= 15 is 0 Å². The van der Waals surface area contributed by atoms with E-state index in [-0.39, 0.29) is 24.4 Å². The zero-order valence-corrected chi connectivity index (χ0v) is 15.6. The molecule has 140 valence electrons. The molecule has 2 amide bonds. The molecule has 0 radical (unpaired) electrons. The van der Waals surface area contributed by atoms with Gasteiger partial charge >= 0.3 is 0 Å². The highest BCUT2D eigenvalue weighted by molar-refractivity contribution is 6.36. The van der Waals surface area contributed by atoms with Crippen LogP contribution in [0.2, 0.25) is 5.02 Å². The third-order valence-corrected chi connectivity index (χ3v) is 4.76. The number of carbonyl (C=O) groups excluding carboxylic acids is 2. The molecular formula is C20H18ClFN2O3. The van der Waals surface area contributed by atoms with Gasteiger partial charge in [-0.3, -0.25) is 14.5 Å². The van der Waals surface area contributed by atoms with E-state index < -0.39 is 17.6 Å². The third kappa shape index (κ3) is 3.72. The predicted molar refractivity (Wildman–Crippen MR) is 102 cm³/mol. The Balaban J connectivity index is 2.07. The van der Waals surface area contributed by atoms with Gasteiger partial charge in [-0.25, -0.2) is 4.39 Å². The lowest BCUT2D eigenvalue weighted by Crippen LogP contribution is -2.35. The van der Waals surface area contributed by atoms with Gasteiger partial charge in [0.1, 0.15) is 11.5 Å². The summed E-state index contributed by atoms with van der Waals surface area (Å²) in [4.78, 5) is 26.9. The summed E-state index contributed by atoms with van der Waals surface area (Å²) in [5.74, 6) is -1.34. The van der Waals surface area contributed by atoms with E-state index in [0.717, 1.165) is 10.5 Å². The topological polar surface area (TPSA) is 58.6 Å². The molecule has 0 saturated heterocycles. The molecule has 0 saturated carbocycles. The maximum absolute atomic E-state index is 13.3. The number of nitrogens with zero attached hydrogens (tertiary/aromatic N) is 1. The van der Waals surface area contributed by atoms with E-state index in [1.54, 1.807) is 18.2 Å². The van der Waals surface area contributed by atoms with Crippen LogP contribution in [-0.4, -0.2) is 37.0 Å². The zero-order valence-electron chi connectivity index (χ0n) is 14.9. The van der Waals surface area contributed by atoms with Crippen LogP contribution >= 0.6 is 11.6 Å². The van der Waals surface area contributed by atoms with Crippen molar-refractivity contribution in [1.82, 2.24) is 4.90 Å². The van der Waals surface area contributed by atoms with Crippen molar-refractivity contribution >= 4 is 34.7 Å². The van der Waals surface area contributed by atoms with E-state index in [1.807, 2.05) is 6.92 Å². The van der Waals surface area contributed by atoms with Gasteiger partial charge in [0.25, 0.3) is 11.8 Å². The molecule has 5 nitrogen and oxygen atoms in total. The number of hydrogen-bond donors (Lipinski definition) is 1. The summed E-state index contributed by atoms with van der Waals surface area (Å²) in [5, 5.41) is 3.59. The number of hydrogen-bond acceptors (Lipinski definition) is 4. The monoisotopic (exact) mass is 388 g/mol. The molecule has 7 heteroatoms. The Hall–Kier alpha value is -2.70. The van der Waals surface area contributed by atoms with Gasteiger partial charge in [-0.05, 0) is 42.3 Å². The second-order valence-electron chi connectivity index (χ2n) is 6.05. The van der Waals surface area contributed by atoms with Crippen molar-refractivity contribution in [1.29, 1.82) is 0 Å². The summed E-state index contributed by atoms with van der Waals surface area (Å²) < 4.78 is 18.3. The number of carbonyl (C=O) groups is 2. The highest BCUT2D eigenvalue weighted by Gasteiger charge is 2.39. The second-order valence-corrected chi connectivity index (χ2v) is 6.46. The summed E-state index contributed by atoms with van der Waals surface area (Å²) in [6.07, 6.45) is 0. The van der Waals surface area contributed by atoms with Crippen LogP contribution in [0.5, 0.6) is 0 Å². The predicted octanol–water partition coefficient (Wildman–Crippen LogP) is 3.63. The van der Waals surface area contributed by atoms with Gasteiger partial charge in [0.05, 0.1) is 18.7 Å². The largest absolute Gasteiger partial charge is 0.383 e. The number of amides is 2. The quantitative estimate of drug-likeness (QED) is 0.768. The van der Waals surface area contributed by atoms with Crippen LogP contribution in [0.25, 0.3) is 5.57 Å². The molecule has 1 aliphatic heterocycles. The van der Waals surface area contributed by atoms with Crippen LogP contribution in [-0.2, 0) is 14.3 Å². The summed E-state index contributed by atoms with van der Waals surface area (Å²) in [5.41, 5.74) is 2.15. The number of rotatable bonds is 6. The molecule has 0 aliphatic carbocycles. The SMILES string of the molecule is COCCN1C(=O)C(Nc2cccc(Cl)c2C)=C(c2ccc(F)cc2)C1=O. The van der Waals surface area contributed by atoms with E-state index in [1.165, 1.54) is 31.4 Å². The number of benzene rings is 2. The number of imide groups is 1. The minimum Gasteiger partial charge on any atom is -0.383 e. The van der Waals surface area contributed by atoms with Crippen LogP contribution in [0.1, 0.15) is 11.1 Å². The maximum Gasteiger partial charge on any atom is 0.278 e. The standard InChI is InChI=1S/C20H18ClFN2O3/c1-12-15(21)4-3-5-16(12)23-18-17(13-6-8-14(22)9-7-13)19(25)24(20(18)26)10-11-27-2/h3-9,23H,10-11H2,1-2H3. The van der Waals surface area contributed by atoms with E-state index in [9.17, 15) is 14.0 Å².